The van der Waals surface area contributed by atoms with Crippen LogP contribution in [0.25, 0.3) is 11.3 Å². The van der Waals surface area contributed by atoms with Crippen molar-refractivity contribution in [3.63, 3.8) is 0 Å². The van der Waals surface area contributed by atoms with Crippen LogP contribution in [0.4, 0.5) is 10.1 Å². The molecule has 0 amide bonds. The van der Waals surface area contributed by atoms with Crippen LogP contribution in [0.15, 0.2) is 77.1 Å². The van der Waals surface area contributed by atoms with Crippen molar-refractivity contribution < 1.29 is 4.39 Å². The van der Waals surface area contributed by atoms with Crippen molar-refractivity contribution in [2.75, 3.05) is 0 Å². The van der Waals surface area contributed by atoms with Crippen LogP contribution in [0.1, 0.15) is 5.56 Å². The second-order valence-corrected chi connectivity index (χ2v) is 8.36. The third-order valence-electron chi connectivity index (χ3n) is 4.36. The molecule has 0 aliphatic rings. The molecule has 0 N–H and O–H groups in total. The van der Waals surface area contributed by atoms with E-state index in [9.17, 15) is 4.39 Å². The lowest BCUT2D eigenvalue weighted by molar-refractivity contribution is 0.628. The molecule has 0 saturated heterocycles. The van der Waals surface area contributed by atoms with E-state index in [2.05, 4.69) is 0 Å². The fraction of sp³-hybridized carbons (Fsp3) is 0.0455. The van der Waals surface area contributed by atoms with Gasteiger partial charge in [0.15, 0.2) is 4.80 Å². The van der Waals surface area contributed by atoms with Crippen molar-refractivity contribution in [3.05, 3.63) is 103 Å². The first kappa shape index (κ1) is 20.2. The summed E-state index contributed by atoms with van der Waals surface area (Å²) in [5, 5.41) is 3.53. The van der Waals surface area contributed by atoms with Crippen molar-refractivity contribution in [1.82, 2.24) is 4.57 Å². The van der Waals surface area contributed by atoms with Gasteiger partial charge in [0.2, 0.25) is 0 Å². The summed E-state index contributed by atoms with van der Waals surface area (Å²) in [6.45, 7) is 0.409. The highest BCUT2D eigenvalue weighted by atomic mass is 35.5. The average molecular weight is 464 g/mol. The molecule has 7 heteroatoms. The number of hydrogen-bond donors (Lipinski definition) is 0. The number of rotatable bonds is 4. The van der Waals surface area contributed by atoms with Crippen LogP contribution >= 0.6 is 46.1 Å². The fourth-order valence-electron chi connectivity index (χ4n) is 2.92. The molecule has 1 heterocycles. The van der Waals surface area contributed by atoms with E-state index in [0.29, 0.717) is 43.4 Å². The predicted molar refractivity (Wildman–Crippen MR) is 120 cm³/mol. The van der Waals surface area contributed by atoms with Gasteiger partial charge in [-0.05, 0) is 42.0 Å². The van der Waals surface area contributed by atoms with Gasteiger partial charge in [0.1, 0.15) is 5.82 Å². The van der Waals surface area contributed by atoms with Crippen LogP contribution in [0.5, 0.6) is 0 Å². The molecule has 0 radical (unpaired) electrons. The molecule has 0 bridgehead atoms. The zero-order chi connectivity index (χ0) is 20.4. The Kier molecular flexibility index (Phi) is 6.07. The van der Waals surface area contributed by atoms with E-state index in [4.69, 9.17) is 39.8 Å². The first-order valence-electron chi connectivity index (χ1n) is 8.69. The van der Waals surface area contributed by atoms with E-state index in [1.165, 1.54) is 17.4 Å². The number of nitrogens with zero attached hydrogens (tertiary/aromatic N) is 2. The van der Waals surface area contributed by atoms with Crippen LogP contribution in [0.2, 0.25) is 15.1 Å². The summed E-state index contributed by atoms with van der Waals surface area (Å²) in [5.74, 6) is -0.300. The molecule has 0 aliphatic heterocycles. The quantitative estimate of drug-likeness (QED) is 0.296. The highest BCUT2D eigenvalue weighted by Gasteiger charge is 2.14. The van der Waals surface area contributed by atoms with Crippen molar-refractivity contribution in [2.45, 2.75) is 6.54 Å². The van der Waals surface area contributed by atoms with Crippen LogP contribution in [-0.4, -0.2) is 4.57 Å². The van der Waals surface area contributed by atoms with E-state index in [0.717, 1.165) is 5.56 Å². The average Bonchev–Trinajstić information content (AvgIpc) is 3.08. The zero-order valence-electron chi connectivity index (χ0n) is 14.9. The van der Waals surface area contributed by atoms with E-state index >= 15 is 0 Å². The van der Waals surface area contributed by atoms with Crippen molar-refractivity contribution >= 4 is 51.8 Å². The largest absolute Gasteiger partial charge is 0.312 e. The number of para-hydroxylation sites is 1. The van der Waals surface area contributed by atoms with Gasteiger partial charge in [0, 0.05) is 21.0 Å². The van der Waals surface area contributed by atoms with Crippen molar-refractivity contribution in [1.29, 1.82) is 0 Å². The lowest BCUT2D eigenvalue weighted by atomic mass is 10.1. The Morgan fingerprint density at radius 2 is 1.66 bits per heavy atom. The van der Waals surface area contributed by atoms with Crippen LogP contribution in [-0.2, 0) is 6.54 Å². The monoisotopic (exact) mass is 462 g/mol. The highest BCUT2D eigenvalue weighted by Crippen LogP contribution is 2.28. The summed E-state index contributed by atoms with van der Waals surface area (Å²) in [6.07, 6.45) is 0. The Morgan fingerprint density at radius 1 is 0.897 bits per heavy atom. The van der Waals surface area contributed by atoms with Gasteiger partial charge in [-0.1, -0.05) is 65.1 Å². The Hall–Kier alpha value is -2.11. The number of thiazole rings is 1. The number of benzene rings is 3. The molecule has 29 heavy (non-hydrogen) atoms. The number of halogens is 4. The van der Waals surface area contributed by atoms with Gasteiger partial charge >= 0.3 is 0 Å². The maximum Gasteiger partial charge on any atom is 0.190 e. The Bertz CT molecular complexity index is 1250. The molecule has 2 nitrogen and oxygen atoms in total. The summed E-state index contributed by atoms with van der Waals surface area (Å²) in [6, 6.07) is 19.3. The Morgan fingerprint density at radius 3 is 2.41 bits per heavy atom. The van der Waals surface area contributed by atoms with Crippen molar-refractivity contribution in [2.24, 2.45) is 4.99 Å². The number of hydrogen-bond acceptors (Lipinski definition) is 2. The summed E-state index contributed by atoms with van der Waals surface area (Å²) < 4.78 is 16.5. The molecule has 0 saturated carbocycles. The SMILES string of the molecule is Fc1ccccc1-c1csc(=Nc2ccccc2Cl)n1Cc1ccc(Cl)cc1Cl. The lowest BCUT2D eigenvalue weighted by Gasteiger charge is -2.12. The molecule has 0 atom stereocenters. The zero-order valence-corrected chi connectivity index (χ0v) is 18.0. The van der Waals surface area contributed by atoms with Gasteiger partial charge in [-0.25, -0.2) is 9.38 Å². The second-order valence-electron chi connectivity index (χ2n) is 6.27. The Labute approximate surface area is 186 Å². The van der Waals surface area contributed by atoms with Gasteiger partial charge in [-0.15, -0.1) is 11.3 Å². The highest BCUT2D eigenvalue weighted by molar-refractivity contribution is 7.07. The van der Waals surface area contributed by atoms with Gasteiger partial charge in [0.05, 0.1) is 22.9 Å². The summed E-state index contributed by atoms with van der Waals surface area (Å²) in [7, 11) is 0. The van der Waals surface area contributed by atoms with E-state index in [-0.39, 0.29) is 5.82 Å². The molecule has 0 unspecified atom stereocenters. The smallest absolute Gasteiger partial charge is 0.190 e. The first-order valence-corrected chi connectivity index (χ1v) is 10.7. The van der Waals surface area contributed by atoms with E-state index in [1.54, 1.807) is 36.4 Å². The predicted octanol–water partition coefficient (Wildman–Crippen LogP) is 7.60. The molecule has 0 fully saturated rings. The normalized spacial score (nSPS) is 11.8. The minimum Gasteiger partial charge on any atom is -0.312 e. The maximum atomic E-state index is 14.5. The van der Waals surface area contributed by atoms with Crippen molar-refractivity contribution in [3.8, 4) is 11.3 Å². The fourth-order valence-corrected chi connectivity index (χ4v) is 4.48. The molecule has 1 aromatic heterocycles. The number of aromatic nitrogens is 1. The topological polar surface area (TPSA) is 17.3 Å². The molecule has 0 spiro atoms. The van der Waals surface area contributed by atoms with Crippen LogP contribution < -0.4 is 4.80 Å². The van der Waals surface area contributed by atoms with Gasteiger partial charge in [-0.3, -0.25) is 0 Å². The van der Waals surface area contributed by atoms with Gasteiger partial charge in [-0.2, -0.15) is 0 Å². The van der Waals surface area contributed by atoms with Gasteiger partial charge in [0.25, 0.3) is 0 Å². The maximum absolute atomic E-state index is 14.5. The molecule has 4 rings (SSSR count). The Balaban J connectivity index is 1.91. The lowest BCUT2D eigenvalue weighted by Crippen LogP contribution is -2.17. The molecule has 4 aromatic rings. The summed E-state index contributed by atoms with van der Waals surface area (Å²) >= 11 is 20.1. The minimum atomic E-state index is -0.300. The molecule has 3 aromatic carbocycles. The van der Waals surface area contributed by atoms with Crippen LogP contribution in [0.3, 0.4) is 0 Å². The third-order valence-corrected chi connectivity index (χ3v) is 6.13. The van der Waals surface area contributed by atoms with E-state index < -0.39 is 0 Å². The summed E-state index contributed by atoms with van der Waals surface area (Å²) in [4.78, 5) is 5.40. The molecular weight excluding hydrogens is 450 g/mol. The second kappa shape index (κ2) is 8.72. The summed E-state index contributed by atoms with van der Waals surface area (Å²) in [5.41, 5.74) is 2.71. The molecule has 146 valence electrons. The molecular formula is C22H14Cl3FN2S. The standard InChI is InChI=1S/C22H14Cl3FN2S/c23-15-10-9-14(18(25)11-15)12-28-21(16-5-1-3-7-19(16)26)13-29-22(28)27-20-8-4-2-6-17(20)24/h1-11,13H,12H2. The third kappa shape index (κ3) is 4.41. The van der Waals surface area contributed by atoms with E-state index in [1.807, 2.05) is 34.2 Å². The van der Waals surface area contributed by atoms with Gasteiger partial charge < -0.3 is 4.57 Å². The minimum absolute atomic E-state index is 0.300. The first-order chi connectivity index (χ1) is 14.0. The molecule has 0 aliphatic carbocycles. The van der Waals surface area contributed by atoms with Crippen LogP contribution in [0, 0.1) is 5.82 Å².